The molecule has 1 heterocycles. The molecule has 0 aliphatic carbocycles. The molecule has 0 unspecified atom stereocenters. The van der Waals surface area contributed by atoms with Crippen molar-refractivity contribution in [1.29, 1.82) is 0 Å². The Bertz CT molecular complexity index is 745. The van der Waals surface area contributed by atoms with Crippen molar-refractivity contribution in [3.05, 3.63) is 73.0 Å². The van der Waals surface area contributed by atoms with Gasteiger partial charge in [0, 0.05) is 0 Å². The van der Waals surface area contributed by atoms with Crippen LogP contribution in [-0.2, 0) is 9.16 Å². The van der Waals surface area contributed by atoms with Crippen molar-refractivity contribution in [2.24, 2.45) is 5.92 Å². The highest BCUT2D eigenvalue weighted by atomic mass is 28.4. The second kappa shape index (κ2) is 7.53. The fraction of sp³-hybridized carbons (Fsp3) is 0.304. The van der Waals surface area contributed by atoms with Crippen LogP contribution in [0.4, 0.5) is 0 Å². The second-order valence-corrected chi connectivity index (χ2v) is 11.9. The van der Waals surface area contributed by atoms with Gasteiger partial charge in [-0.3, -0.25) is 0 Å². The molecular formula is C23H26O2Si. The molecule has 0 radical (unpaired) electrons. The van der Waals surface area contributed by atoms with Gasteiger partial charge in [-0.1, -0.05) is 87.4 Å². The molecule has 0 saturated heterocycles. The van der Waals surface area contributed by atoms with Crippen molar-refractivity contribution < 1.29 is 9.16 Å². The van der Waals surface area contributed by atoms with Crippen LogP contribution in [-0.4, -0.2) is 21.0 Å². The Morgan fingerprint density at radius 3 is 1.96 bits per heavy atom. The van der Waals surface area contributed by atoms with Gasteiger partial charge < -0.3 is 9.16 Å². The molecule has 0 amide bonds. The van der Waals surface area contributed by atoms with Crippen LogP contribution in [0, 0.1) is 18.3 Å². The lowest BCUT2D eigenvalue weighted by Crippen LogP contribution is -2.68. The topological polar surface area (TPSA) is 18.5 Å². The fourth-order valence-corrected chi connectivity index (χ4v) is 8.33. The van der Waals surface area contributed by atoms with Crippen LogP contribution >= 0.6 is 0 Å². The van der Waals surface area contributed by atoms with Crippen LogP contribution in [0.1, 0.15) is 20.8 Å². The van der Waals surface area contributed by atoms with E-state index in [1.165, 1.54) is 10.4 Å². The molecule has 3 rings (SSSR count). The quantitative estimate of drug-likeness (QED) is 0.596. The van der Waals surface area contributed by atoms with E-state index >= 15 is 0 Å². The first-order valence-electron chi connectivity index (χ1n) is 9.02. The van der Waals surface area contributed by atoms with Crippen LogP contribution in [0.2, 0.25) is 5.04 Å². The van der Waals surface area contributed by atoms with E-state index in [1.54, 1.807) is 6.26 Å². The van der Waals surface area contributed by atoms with Gasteiger partial charge in [-0.2, -0.15) is 0 Å². The summed E-state index contributed by atoms with van der Waals surface area (Å²) in [4.78, 5) is 0. The van der Waals surface area contributed by atoms with Gasteiger partial charge in [-0.05, 0) is 21.5 Å². The molecular weight excluding hydrogens is 336 g/mol. The first-order chi connectivity index (χ1) is 12.5. The maximum Gasteiger partial charge on any atom is 0.262 e. The Balaban J connectivity index is 2.17. The normalized spacial score (nSPS) is 18.2. The lowest BCUT2D eigenvalue weighted by Gasteiger charge is -2.45. The van der Waals surface area contributed by atoms with Crippen molar-refractivity contribution in [2.75, 3.05) is 6.61 Å². The van der Waals surface area contributed by atoms with Gasteiger partial charge >= 0.3 is 0 Å². The summed E-state index contributed by atoms with van der Waals surface area (Å²) in [5, 5.41) is 2.39. The number of ether oxygens (including phenoxy) is 1. The van der Waals surface area contributed by atoms with Crippen molar-refractivity contribution >= 4 is 18.7 Å². The zero-order chi connectivity index (χ0) is 18.6. The van der Waals surface area contributed by atoms with E-state index in [-0.39, 0.29) is 17.1 Å². The van der Waals surface area contributed by atoms with E-state index in [4.69, 9.17) is 15.6 Å². The van der Waals surface area contributed by atoms with Gasteiger partial charge in [-0.25, -0.2) is 0 Å². The van der Waals surface area contributed by atoms with Crippen molar-refractivity contribution in [1.82, 2.24) is 0 Å². The van der Waals surface area contributed by atoms with Crippen LogP contribution in [0.15, 0.2) is 73.0 Å². The lowest BCUT2D eigenvalue weighted by atomic mass is 10.1. The average molecular weight is 363 g/mol. The van der Waals surface area contributed by atoms with Crippen molar-refractivity contribution in [3.63, 3.8) is 0 Å². The molecule has 26 heavy (non-hydrogen) atoms. The van der Waals surface area contributed by atoms with Crippen LogP contribution < -0.4 is 10.4 Å². The van der Waals surface area contributed by atoms with Crippen LogP contribution in [0.5, 0.6) is 0 Å². The van der Waals surface area contributed by atoms with E-state index in [0.717, 1.165) is 0 Å². The summed E-state index contributed by atoms with van der Waals surface area (Å²) in [5.74, 6) is 2.98. The summed E-state index contributed by atoms with van der Waals surface area (Å²) in [7, 11) is -2.63. The molecule has 1 aliphatic rings. The van der Waals surface area contributed by atoms with E-state index in [2.05, 4.69) is 75.2 Å². The molecule has 3 heteroatoms. The number of terminal acetylenes is 1. The predicted molar refractivity (Wildman–Crippen MR) is 110 cm³/mol. The molecule has 2 atom stereocenters. The summed E-state index contributed by atoms with van der Waals surface area (Å²) < 4.78 is 12.4. The highest BCUT2D eigenvalue weighted by Crippen LogP contribution is 2.38. The van der Waals surface area contributed by atoms with Crippen molar-refractivity contribution in [2.45, 2.75) is 31.9 Å². The van der Waals surface area contributed by atoms with E-state index in [0.29, 0.717) is 6.61 Å². The largest absolute Gasteiger partial charge is 0.501 e. The first kappa shape index (κ1) is 18.5. The number of rotatable bonds is 5. The molecule has 2 aromatic carbocycles. The van der Waals surface area contributed by atoms with E-state index in [1.807, 2.05) is 18.2 Å². The lowest BCUT2D eigenvalue weighted by molar-refractivity contribution is 0.154. The fourth-order valence-electron chi connectivity index (χ4n) is 3.69. The zero-order valence-electron chi connectivity index (χ0n) is 15.7. The molecule has 0 fully saturated rings. The number of benzene rings is 2. The predicted octanol–water partition coefficient (Wildman–Crippen LogP) is 3.72. The van der Waals surface area contributed by atoms with Gasteiger partial charge in [-0.15, -0.1) is 6.42 Å². The number of hydrogen-bond donors (Lipinski definition) is 0. The highest BCUT2D eigenvalue weighted by Gasteiger charge is 2.52. The average Bonchev–Trinajstić information content (AvgIpc) is 3.18. The van der Waals surface area contributed by atoms with Crippen molar-refractivity contribution in [3.8, 4) is 12.3 Å². The smallest absolute Gasteiger partial charge is 0.262 e. The zero-order valence-corrected chi connectivity index (χ0v) is 16.7. The molecule has 0 saturated carbocycles. The molecule has 0 N–H and O–H groups in total. The first-order valence-corrected chi connectivity index (χ1v) is 10.9. The molecule has 1 aliphatic heterocycles. The standard InChI is InChI=1S/C23H26O2Si/c1-5-22(19-16-17-24-18-19)25-26(23(2,3)4,20-12-8-6-9-13-20)21-14-10-7-11-15-21/h1,6-17,19,22H,18H2,2-4H3/t19-,22+/m0/s1. The maximum absolute atomic E-state index is 6.98. The molecule has 2 nitrogen and oxygen atoms in total. The summed E-state index contributed by atoms with van der Waals surface area (Å²) in [6, 6.07) is 21.1. The SMILES string of the molecule is C#C[C@@H](O[Si](c1ccccc1)(c1ccccc1)C(C)(C)C)[C@H]1C=COC1. The van der Waals surface area contributed by atoms with Gasteiger partial charge in [0.2, 0.25) is 0 Å². The summed E-state index contributed by atoms with van der Waals surface area (Å²) in [6.45, 7) is 7.35. The summed E-state index contributed by atoms with van der Waals surface area (Å²) >= 11 is 0. The summed E-state index contributed by atoms with van der Waals surface area (Å²) in [5.41, 5.74) is 0. The third kappa shape index (κ3) is 3.35. The molecule has 134 valence electrons. The van der Waals surface area contributed by atoms with Crippen LogP contribution in [0.25, 0.3) is 0 Å². The third-order valence-electron chi connectivity index (χ3n) is 4.98. The van der Waals surface area contributed by atoms with Gasteiger partial charge in [0.25, 0.3) is 8.32 Å². The minimum atomic E-state index is -2.63. The van der Waals surface area contributed by atoms with Gasteiger partial charge in [0.05, 0.1) is 18.8 Å². The third-order valence-corrected chi connectivity index (χ3v) is 10.00. The monoisotopic (exact) mass is 362 g/mol. The van der Waals surface area contributed by atoms with Gasteiger partial charge in [0.15, 0.2) is 0 Å². The van der Waals surface area contributed by atoms with Gasteiger partial charge in [0.1, 0.15) is 6.10 Å². The molecule has 0 aromatic heterocycles. The molecule has 0 spiro atoms. The Labute approximate surface area is 158 Å². The Morgan fingerprint density at radius 2 is 1.58 bits per heavy atom. The minimum Gasteiger partial charge on any atom is -0.501 e. The Kier molecular flexibility index (Phi) is 5.36. The minimum absolute atomic E-state index is 0.0849. The second-order valence-electron chi connectivity index (χ2n) is 7.69. The van der Waals surface area contributed by atoms with E-state index < -0.39 is 8.32 Å². The molecule has 2 aromatic rings. The van der Waals surface area contributed by atoms with E-state index in [9.17, 15) is 0 Å². The molecule has 0 bridgehead atoms. The summed E-state index contributed by atoms with van der Waals surface area (Å²) in [6.07, 6.45) is 9.34. The maximum atomic E-state index is 6.98. The number of hydrogen-bond acceptors (Lipinski definition) is 2. The van der Waals surface area contributed by atoms with Crippen LogP contribution in [0.3, 0.4) is 0 Å². The Hall–Kier alpha value is -2.28. The highest BCUT2D eigenvalue weighted by molar-refractivity contribution is 6.99. The Morgan fingerprint density at radius 1 is 1.04 bits per heavy atom.